The lowest BCUT2D eigenvalue weighted by Crippen LogP contribution is -2.47. The zero-order valence-corrected chi connectivity index (χ0v) is 18.9. The van der Waals surface area contributed by atoms with Crippen LogP contribution in [0.4, 0.5) is 10.7 Å². The van der Waals surface area contributed by atoms with Crippen LogP contribution in [-0.2, 0) is 13.0 Å². The first-order valence-electron chi connectivity index (χ1n) is 11.2. The highest BCUT2D eigenvalue weighted by atomic mass is 32.1. The molecule has 5 rings (SSSR count). The largest absolute Gasteiger partial charge is 0.506 e. The Morgan fingerprint density at radius 3 is 2.74 bits per heavy atom. The van der Waals surface area contributed by atoms with Gasteiger partial charge in [0.25, 0.3) is 0 Å². The molecule has 0 aliphatic carbocycles. The molecule has 31 heavy (non-hydrogen) atoms. The highest BCUT2D eigenvalue weighted by Gasteiger charge is 2.31. The molecular formula is C23H30N6OS. The molecule has 1 aromatic carbocycles. The third-order valence-corrected chi connectivity index (χ3v) is 7.79. The average Bonchev–Trinajstić information content (AvgIpc) is 3.14. The summed E-state index contributed by atoms with van der Waals surface area (Å²) in [6.07, 6.45) is 3.24. The SMILES string of the molecule is CN1CCc2c(sc3c2C([N])N(CCCN2CCN(c4ccccc4O)CC2)C=N3)C1. The number of piperazine rings is 1. The van der Waals surface area contributed by atoms with Gasteiger partial charge in [0, 0.05) is 56.3 Å². The van der Waals surface area contributed by atoms with E-state index in [1.165, 1.54) is 10.4 Å². The summed E-state index contributed by atoms with van der Waals surface area (Å²) < 4.78 is 0. The second-order valence-corrected chi connectivity index (χ2v) is 9.82. The van der Waals surface area contributed by atoms with Crippen molar-refractivity contribution >= 4 is 28.4 Å². The van der Waals surface area contributed by atoms with Crippen molar-refractivity contribution in [3.05, 3.63) is 40.3 Å². The van der Waals surface area contributed by atoms with E-state index in [2.05, 4.69) is 26.7 Å². The smallest absolute Gasteiger partial charge is 0.144 e. The molecular weight excluding hydrogens is 408 g/mol. The lowest BCUT2D eigenvalue weighted by molar-refractivity contribution is 0.232. The summed E-state index contributed by atoms with van der Waals surface area (Å²) in [7, 11) is 2.15. The first kappa shape index (κ1) is 20.8. The molecule has 164 valence electrons. The van der Waals surface area contributed by atoms with Crippen LogP contribution >= 0.6 is 11.3 Å². The molecule has 1 N–H and O–H groups in total. The zero-order valence-electron chi connectivity index (χ0n) is 18.1. The first-order valence-corrected chi connectivity index (χ1v) is 12.0. The normalized spacial score (nSPS) is 21.9. The third kappa shape index (κ3) is 4.17. The van der Waals surface area contributed by atoms with Gasteiger partial charge in [-0.1, -0.05) is 12.1 Å². The summed E-state index contributed by atoms with van der Waals surface area (Å²) in [6, 6.07) is 7.57. The van der Waals surface area contributed by atoms with Crippen molar-refractivity contribution in [3.63, 3.8) is 0 Å². The van der Waals surface area contributed by atoms with E-state index in [0.717, 1.165) is 81.5 Å². The van der Waals surface area contributed by atoms with Crippen LogP contribution in [0.1, 0.15) is 28.6 Å². The van der Waals surface area contributed by atoms with Gasteiger partial charge in [-0.3, -0.25) is 4.90 Å². The standard InChI is InChI=1S/C23H30N6OS/c1-26-10-7-17-20(15-26)31-23-21(17)22(24)29(16-25-23)9-4-8-27-11-13-28(14-12-27)18-5-2-3-6-19(18)30/h2-3,5-6,16,22,30H,4,7-15H2,1H3. The molecule has 0 spiro atoms. The van der Waals surface area contributed by atoms with Crippen molar-refractivity contribution in [2.75, 3.05) is 57.8 Å². The molecule has 0 bridgehead atoms. The number of likely N-dealkylation sites (N-methyl/N-ethyl adjacent to an activating group) is 1. The molecule has 1 aromatic heterocycles. The fourth-order valence-corrected chi connectivity index (χ4v) is 6.15. The van der Waals surface area contributed by atoms with Crippen molar-refractivity contribution in [1.82, 2.24) is 20.4 Å². The Morgan fingerprint density at radius 1 is 1.13 bits per heavy atom. The average molecular weight is 439 g/mol. The van der Waals surface area contributed by atoms with Crippen LogP contribution in [-0.4, -0.2) is 79.0 Å². The number of aliphatic imine (C=N–C) groups is 1. The summed E-state index contributed by atoms with van der Waals surface area (Å²) in [4.78, 5) is 15.1. The van der Waals surface area contributed by atoms with Crippen LogP contribution in [0.3, 0.4) is 0 Å². The molecule has 1 saturated heterocycles. The maximum absolute atomic E-state index is 11.0. The Morgan fingerprint density at radius 2 is 1.94 bits per heavy atom. The molecule has 2 radical (unpaired) electrons. The molecule has 1 unspecified atom stereocenters. The molecule has 3 aliphatic heterocycles. The molecule has 1 atom stereocenters. The number of para-hydroxylation sites is 2. The number of nitrogens with zero attached hydrogens (tertiary/aromatic N) is 6. The van der Waals surface area contributed by atoms with Gasteiger partial charge in [-0.15, -0.1) is 17.1 Å². The second kappa shape index (κ2) is 8.78. The molecule has 2 aromatic rings. The zero-order chi connectivity index (χ0) is 21.4. The third-order valence-electron chi connectivity index (χ3n) is 6.65. The van der Waals surface area contributed by atoms with Crippen LogP contribution in [0.25, 0.3) is 0 Å². The summed E-state index contributed by atoms with van der Waals surface area (Å²) >= 11 is 1.74. The number of benzene rings is 1. The van der Waals surface area contributed by atoms with Crippen molar-refractivity contribution in [1.29, 1.82) is 0 Å². The topological polar surface area (TPSA) is 67.9 Å². The Labute approximate surface area is 188 Å². The minimum atomic E-state index is -0.575. The number of hydrogen-bond donors (Lipinski definition) is 1. The van der Waals surface area contributed by atoms with Crippen LogP contribution in [0, 0.1) is 0 Å². The van der Waals surface area contributed by atoms with Gasteiger partial charge >= 0.3 is 0 Å². The maximum Gasteiger partial charge on any atom is 0.144 e. The first-order chi connectivity index (χ1) is 15.1. The number of rotatable bonds is 5. The molecule has 0 amide bonds. The second-order valence-electron chi connectivity index (χ2n) is 8.74. The van der Waals surface area contributed by atoms with E-state index in [-0.39, 0.29) is 0 Å². The number of phenolic OH excluding ortho intramolecular Hbond substituents is 1. The van der Waals surface area contributed by atoms with Crippen LogP contribution < -0.4 is 10.6 Å². The van der Waals surface area contributed by atoms with Gasteiger partial charge in [0.1, 0.15) is 16.9 Å². The van der Waals surface area contributed by atoms with Crippen molar-refractivity contribution in [2.24, 2.45) is 4.99 Å². The fraction of sp³-hybridized carbons (Fsp3) is 0.522. The predicted molar refractivity (Wildman–Crippen MR) is 125 cm³/mol. The van der Waals surface area contributed by atoms with E-state index in [1.54, 1.807) is 17.4 Å². The predicted octanol–water partition coefficient (Wildman–Crippen LogP) is 2.70. The Kier molecular flexibility index (Phi) is 5.88. The van der Waals surface area contributed by atoms with Crippen molar-refractivity contribution < 1.29 is 5.11 Å². The number of thiophene rings is 1. The monoisotopic (exact) mass is 438 g/mol. The number of hydrogen-bond acceptors (Lipinski definition) is 7. The van der Waals surface area contributed by atoms with Gasteiger partial charge in [0.2, 0.25) is 0 Å². The van der Waals surface area contributed by atoms with E-state index in [9.17, 15) is 10.8 Å². The highest BCUT2D eigenvalue weighted by molar-refractivity contribution is 7.16. The number of phenols is 1. The van der Waals surface area contributed by atoms with Gasteiger partial charge < -0.3 is 19.8 Å². The Bertz CT molecular complexity index is 952. The molecule has 7 nitrogen and oxygen atoms in total. The summed E-state index contributed by atoms with van der Waals surface area (Å²) in [5, 5.41) is 11.1. The fourth-order valence-electron chi connectivity index (χ4n) is 4.86. The number of fused-ring (bicyclic) bond motifs is 3. The van der Waals surface area contributed by atoms with E-state index < -0.39 is 6.17 Å². The van der Waals surface area contributed by atoms with E-state index in [1.807, 2.05) is 29.4 Å². The van der Waals surface area contributed by atoms with Gasteiger partial charge in [0.15, 0.2) is 0 Å². The van der Waals surface area contributed by atoms with Crippen molar-refractivity contribution in [3.8, 4) is 5.75 Å². The van der Waals surface area contributed by atoms with Crippen LogP contribution in [0.15, 0.2) is 29.3 Å². The lowest BCUT2D eigenvalue weighted by Gasteiger charge is -2.37. The number of anilines is 1. The van der Waals surface area contributed by atoms with Crippen molar-refractivity contribution in [2.45, 2.75) is 25.6 Å². The molecule has 8 heteroatoms. The van der Waals surface area contributed by atoms with Crippen LogP contribution in [0.2, 0.25) is 0 Å². The van der Waals surface area contributed by atoms with Crippen LogP contribution in [0.5, 0.6) is 5.75 Å². The Balaban J connectivity index is 1.13. The molecule has 3 aliphatic rings. The van der Waals surface area contributed by atoms with E-state index >= 15 is 0 Å². The minimum absolute atomic E-state index is 0.357. The van der Waals surface area contributed by atoms with Gasteiger partial charge in [-0.05, 0) is 44.1 Å². The maximum atomic E-state index is 11.0. The minimum Gasteiger partial charge on any atom is -0.506 e. The van der Waals surface area contributed by atoms with Gasteiger partial charge in [-0.2, -0.15) is 0 Å². The molecule has 0 saturated carbocycles. The van der Waals surface area contributed by atoms with Gasteiger partial charge in [-0.25, -0.2) is 4.99 Å². The summed E-state index contributed by atoms with van der Waals surface area (Å²) in [6.45, 7) is 7.62. The molecule has 4 heterocycles. The summed E-state index contributed by atoms with van der Waals surface area (Å²) in [5.41, 5.74) is 14.3. The molecule has 1 fully saturated rings. The highest BCUT2D eigenvalue weighted by Crippen LogP contribution is 2.44. The van der Waals surface area contributed by atoms with Gasteiger partial charge in [0.05, 0.1) is 12.0 Å². The lowest BCUT2D eigenvalue weighted by atomic mass is 10.00. The number of aromatic hydroxyl groups is 1. The van der Waals surface area contributed by atoms with E-state index in [4.69, 9.17) is 0 Å². The summed E-state index contributed by atoms with van der Waals surface area (Å²) in [5.74, 6) is 0.357. The Hall–Kier alpha value is -2.13. The quantitative estimate of drug-likeness (QED) is 0.778. The van der Waals surface area contributed by atoms with E-state index in [0.29, 0.717) is 5.75 Å².